The van der Waals surface area contributed by atoms with Crippen molar-refractivity contribution in [1.29, 1.82) is 0 Å². The lowest BCUT2D eigenvalue weighted by Crippen LogP contribution is -2.10. The second-order valence-corrected chi connectivity index (χ2v) is 3.25. The molecule has 0 fully saturated rings. The van der Waals surface area contributed by atoms with Crippen LogP contribution in [0, 0.1) is 0 Å². The van der Waals surface area contributed by atoms with Crippen LogP contribution in [0.4, 0.5) is 0 Å². The first-order chi connectivity index (χ1) is 7.31. The molecule has 0 bridgehead atoms. The standard InChI is InChI=1S/C12H11NO2/c14-8-10-6-7-11(12(15)13-10)9-4-2-1-3-5-9/h1-7,14H,8H2,(H,13,15). The molecular weight excluding hydrogens is 190 g/mol. The van der Waals surface area contributed by atoms with Crippen molar-refractivity contribution in [2.75, 3.05) is 0 Å². The van der Waals surface area contributed by atoms with Gasteiger partial charge in [0.1, 0.15) is 0 Å². The molecule has 2 aromatic rings. The zero-order chi connectivity index (χ0) is 10.7. The van der Waals surface area contributed by atoms with Gasteiger partial charge in [-0.2, -0.15) is 0 Å². The summed E-state index contributed by atoms with van der Waals surface area (Å²) in [6.45, 7) is -0.149. The van der Waals surface area contributed by atoms with Gasteiger partial charge in [0.05, 0.1) is 6.61 Å². The molecule has 0 atom stereocenters. The fourth-order valence-corrected chi connectivity index (χ4v) is 1.45. The lowest BCUT2D eigenvalue weighted by atomic mass is 10.1. The Morgan fingerprint density at radius 1 is 1.07 bits per heavy atom. The number of nitrogens with one attached hydrogen (secondary N) is 1. The molecule has 0 spiro atoms. The molecule has 1 aromatic heterocycles. The average molecular weight is 201 g/mol. The lowest BCUT2D eigenvalue weighted by molar-refractivity contribution is 0.276. The van der Waals surface area contributed by atoms with Gasteiger partial charge < -0.3 is 10.1 Å². The van der Waals surface area contributed by atoms with Crippen LogP contribution in [0.1, 0.15) is 5.69 Å². The average Bonchev–Trinajstić information content (AvgIpc) is 2.30. The molecule has 3 nitrogen and oxygen atoms in total. The third kappa shape index (κ3) is 1.97. The molecular formula is C12H11NO2. The molecule has 0 unspecified atom stereocenters. The lowest BCUT2D eigenvalue weighted by Gasteiger charge is -2.01. The Balaban J connectivity index is 2.51. The zero-order valence-corrected chi connectivity index (χ0v) is 8.10. The SMILES string of the molecule is O=c1[nH]c(CO)ccc1-c1ccccc1. The monoisotopic (exact) mass is 201 g/mol. The van der Waals surface area contributed by atoms with Crippen LogP contribution in [-0.2, 0) is 6.61 Å². The Bertz CT molecular complexity index is 503. The van der Waals surface area contributed by atoms with E-state index in [1.54, 1.807) is 12.1 Å². The minimum atomic E-state index is -0.173. The Labute approximate surface area is 87.0 Å². The van der Waals surface area contributed by atoms with Crippen molar-refractivity contribution < 1.29 is 5.11 Å². The highest BCUT2D eigenvalue weighted by Crippen LogP contribution is 2.13. The minimum absolute atomic E-state index is 0.149. The first-order valence-corrected chi connectivity index (χ1v) is 4.70. The van der Waals surface area contributed by atoms with Crippen LogP contribution in [0.5, 0.6) is 0 Å². The van der Waals surface area contributed by atoms with Gasteiger partial charge in [-0.1, -0.05) is 30.3 Å². The number of aromatic amines is 1. The highest BCUT2D eigenvalue weighted by molar-refractivity contribution is 5.61. The number of aromatic nitrogens is 1. The van der Waals surface area contributed by atoms with E-state index in [4.69, 9.17) is 5.11 Å². The van der Waals surface area contributed by atoms with Crippen molar-refractivity contribution in [3.05, 3.63) is 58.5 Å². The van der Waals surface area contributed by atoms with Crippen LogP contribution < -0.4 is 5.56 Å². The van der Waals surface area contributed by atoms with Gasteiger partial charge in [0.25, 0.3) is 5.56 Å². The van der Waals surface area contributed by atoms with Crippen molar-refractivity contribution in [3.63, 3.8) is 0 Å². The highest BCUT2D eigenvalue weighted by atomic mass is 16.3. The first kappa shape index (κ1) is 9.68. The molecule has 0 radical (unpaired) electrons. The van der Waals surface area contributed by atoms with Crippen molar-refractivity contribution in [2.24, 2.45) is 0 Å². The summed E-state index contributed by atoms with van der Waals surface area (Å²) in [5, 5.41) is 8.85. The van der Waals surface area contributed by atoms with E-state index in [0.717, 1.165) is 5.56 Å². The van der Waals surface area contributed by atoms with Crippen molar-refractivity contribution in [1.82, 2.24) is 4.98 Å². The zero-order valence-electron chi connectivity index (χ0n) is 8.10. The van der Waals surface area contributed by atoms with Crippen LogP contribution in [0.15, 0.2) is 47.3 Å². The number of hydrogen-bond donors (Lipinski definition) is 2. The third-order valence-electron chi connectivity index (χ3n) is 2.23. The van der Waals surface area contributed by atoms with Gasteiger partial charge in [0.15, 0.2) is 0 Å². The summed E-state index contributed by atoms with van der Waals surface area (Å²) in [5.41, 5.74) is 1.85. The van der Waals surface area contributed by atoms with Crippen LogP contribution in [0.3, 0.4) is 0 Å². The Morgan fingerprint density at radius 2 is 1.80 bits per heavy atom. The molecule has 0 aliphatic carbocycles. The van der Waals surface area contributed by atoms with E-state index in [0.29, 0.717) is 11.3 Å². The molecule has 3 heteroatoms. The molecule has 15 heavy (non-hydrogen) atoms. The summed E-state index contributed by atoms with van der Waals surface area (Å²) in [5.74, 6) is 0. The maximum Gasteiger partial charge on any atom is 0.256 e. The maximum absolute atomic E-state index is 11.6. The van der Waals surface area contributed by atoms with Gasteiger partial charge in [-0.05, 0) is 17.7 Å². The highest BCUT2D eigenvalue weighted by Gasteiger charge is 2.02. The predicted octanol–water partition coefficient (Wildman–Crippen LogP) is 1.53. The summed E-state index contributed by atoms with van der Waals surface area (Å²) in [6, 6.07) is 12.9. The van der Waals surface area contributed by atoms with Crippen LogP contribution in [0.2, 0.25) is 0 Å². The first-order valence-electron chi connectivity index (χ1n) is 4.70. The van der Waals surface area contributed by atoms with Gasteiger partial charge in [0, 0.05) is 11.3 Å². The van der Waals surface area contributed by atoms with Crippen molar-refractivity contribution in [2.45, 2.75) is 6.61 Å². The smallest absolute Gasteiger partial charge is 0.256 e. The molecule has 1 heterocycles. The summed E-state index contributed by atoms with van der Waals surface area (Å²) in [4.78, 5) is 14.3. The number of hydrogen-bond acceptors (Lipinski definition) is 2. The molecule has 2 rings (SSSR count). The largest absolute Gasteiger partial charge is 0.390 e. The van der Waals surface area contributed by atoms with Crippen LogP contribution in [0.25, 0.3) is 11.1 Å². The maximum atomic E-state index is 11.6. The molecule has 0 saturated carbocycles. The number of pyridine rings is 1. The van der Waals surface area contributed by atoms with E-state index >= 15 is 0 Å². The number of rotatable bonds is 2. The van der Waals surface area contributed by atoms with E-state index in [1.165, 1.54) is 0 Å². The fourth-order valence-electron chi connectivity index (χ4n) is 1.45. The second-order valence-electron chi connectivity index (χ2n) is 3.25. The normalized spacial score (nSPS) is 10.2. The molecule has 0 amide bonds. The topological polar surface area (TPSA) is 53.1 Å². The third-order valence-corrected chi connectivity index (χ3v) is 2.23. The Morgan fingerprint density at radius 3 is 2.40 bits per heavy atom. The number of aliphatic hydroxyl groups is 1. The minimum Gasteiger partial charge on any atom is -0.390 e. The summed E-state index contributed by atoms with van der Waals surface area (Å²) in [7, 11) is 0. The molecule has 0 saturated heterocycles. The summed E-state index contributed by atoms with van der Waals surface area (Å²) < 4.78 is 0. The fraction of sp³-hybridized carbons (Fsp3) is 0.0833. The molecule has 2 N–H and O–H groups in total. The van der Waals surface area contributed by atoms with Gasteiger partial charge >= 0.3 is 0 Å². The van der Waals surface area contributed by atoms with E-state index < -0.39 is 0 Å². The number of H-pyrrole nitrogens is 1. The van der Waals surface area contributed by atoms with E-state index in [1.807, 2.05) is 30.3 Å². The van der Waals surface area contributed by atoms with Crippen LogP contribution in [-0.4, -0.2) is 10.1 Å². The Hall–Kier alpha value is -1.87. The second kappa shape index (κ2) is 4.11. The quantitative estimate of drug-likeness (QED) is 0.774. The van der Waals surface area contributed by atoms with Gasteiger partial charge in [0.2, 0.25) is 0 Å². The molecule has 1 aromatic carbocycles. The summed E-state index contributed by atoms with van der Waals surface area (Å²) >= 11 is 0. The number of aliphatic hydroxyl groups excluding tert-OH is 1. The molecule has 0 aliphatic rings. The van der Waals surface area contributed by atoms with E-state index in [-0.39, 0.29) is 12.2 Å². The van der Waals surface area contributed by atoms with Gasteiger partial charge in [-0.15, -0.1) is 0 Å². The van der Waals surface area contributed by atoms with Crippen molar-refractivity contribution in [3.8, 4) is 11.1 Å². The van der Waals surface area contributed by atoms with Gasteiger partial charge in [-0.3, -0.25) is 4.79 Å². The van der Waals surface area contributed by atoms with Gasteiger partial charge in [-0.25, -0.2) is 0 Å². The predicted molar refractivity (Wildman–Crippen MR) is 58.4 cm³/mol. The number of benzene rings is 1. The van der Waals surface area contributed by atoms with E-state index in [2.05, 4.69) is 4.98 Å². The van der Waals surface area contributed by atoms with Crippen LogP contribution >= 0.6 is 0 Å². The van der Waals surface area contributed by atoms with Crippen molar-refractivity contribution >= 4 is 0 Å². The Kier molecular flexibility index (Phi) is 2.65. The molecule has 76 valence electrons. The molecule has 0 aliphatic heterocycles. The van der Waals surface area contributed by atoms with E-state index in [9.17, 15) is 4.79 Å². The summed E-state index contributed by atoms with van der Waals surface area (Å²) in [6.07, 6.45) is 0.